The molecule has 2 aromatic rings. The summed E-state index contributed by atoms with van der Waals surface area (Å²) in [5.41, 5.74) is 7.43. The monoisotopic (exact) mass is 326 g/mol. The van der Waals surface area contributed by atoms with Gasteiger partial charge in [-0.3, -0.25) is 0 Å². The number of nitrogens with zero attached hydrogens (tertiary/aromatic N) is 1. The van der Waals surface area contributed by atoms with Crippen LogP contribution in [-0.4, -0.2) is 0 Å². The SMILES string of the molecule is N#Cc1ccc(COc2cc(Cl)c(Cl)cc2N)c(Cl)c1. The van der Waals surface area contributed by atoms with Gasteiger partial charge in [-0.05, 0) is 18.2 Å². The predicted octanol–water partition coefficient (Wildman–Crippen LogP) is 4.68. The smallest absolute Gasteiger partial charge is 0.144 e. The minimum absolute atomic E-state index is 0.215. The summed E-state index contributed by atoms with van der Waals surface area (Å²) in [6.07, 6.45) is 0. The molecule has 0 amide bonds. The lowest BCUT2D eigenvalue weighted by atomic mass is 10.1. The Morgan fingerprint density at radius 2 is 1.75 bits per heavy atom. The van der Waals surface area contributed by atoms with E-state index in [-0.39, 0.29) is 6.61 Å². The molecule has 20 heavy (non-hydrogen) atoms. The highest BCUT2D eigenvalue weighted by Crippen LogP contribution is 2.33. The van der Waals surface area contributed by atoms with Crippen LogP contribution in [0.15, 0.2) is 30.3 Å². The molecule has 0 aliphatic heterocycles. The van der Waals surface area contributed by atoms with E-state index in [0.29, 0.717) is 32.1 Å². The summed E-state index contributed by atoms with van der Waals surface area (Å²) >= 11 is 17.8. The number of nitriles is 1. The number of hydrogen-bond donors (Lipinski definition) is 1. The molecule has 0 atom stereocenters. The summed E-state index contributed by atoms with van der Waals surface area (Å²) in [5.74, 6) is 0.430. The Morgan fingerprint density at radius 3 is 2.40 bits per heavy atom. The lowest BCUT2D eigenvalue weighted by molar-refractivity contribution is 0.308. The molecule has 0 heterocycles. The fraction of sp³-hybridized carbons (Fsp3) is 0.0714. The zero-order valence-corrected chi connectivity index (χ0v) is 12.4. The molecule has 0 radical (unpaired) electrons. The van der Waals surface area contributed by atoms with Gasteiger partial charge in [0, 0.05) is 16.7 Å². The summed E-state index contributed by atoms with van der Waals surface area (Å²) in [5, 5.41) is 9.96. The van der Waals surface area contributed by atoms with Gasteiger partial charge in [0.1, 0.15) is 12.4 Å². The van der Waals surface area contributed by atoms with Crippen LogP contribution in [0.2, 0.25) is 15.1 Å². The van der Waals surface area contributed by atoms with E-state index in [2.05, 4.69) is 0 Å². The molecule has 0 aliphatic carbocycles. The highest BCUT2D eigenvalue weighted by molar-refractivity contribution is 6.42. The third-order valence-corrected chi connectivity index (χ3v) is 3.69. The van der Waals surface area contributed by atoms with E-state index in [4.69, 9.17) is 50.5 Å². The molecule has 0 spiro atoms. The van der Waals surface area contributed by atoms with Crippen LogP contribution in [0.3, 0.4) is 0 Å². The summed E-state index contributed by atoms with van der Waals surface area (Å²) in [7, 11) is 0. The molecule has 102 valence electrons. The first kappa shape index (κ1) is 14.8. The molecule has 2 N–H and O–H groups in total. The second-order valence-corrected chi connectivity index (χ2v) is 5.23. The van der Waals surface area contributed by atoms with Crippen molar-refractivity contribution in [1.82, 2.24) is 0 Å². The van der Waals surface area contributed by atoms with Gasteiger partial charge in [-0.2, -0.15) is 5.26 Å². The van der Waals surface area contributed by atoms with Gasteiger partial charge >= 0.3 is 0 Å². The first-order valence-corrected chi connectivity index (χ1v) is 6.70. The van der Waals surface area contributed by atoms with Crippen molar-refractivity contribution in [2.45, 2.75) is 6.61 Å². The zero-order valence-electron chi connectivity index (χ0n) is 10.2. The van der Waals surface area contributed by atoms with Crippen LogP contribution in [0, 0.1) is 11.3 Å². The Balaban J connectivity index is 2.17. The van der Waals surface area contributed by atoms with Crippen molar-refractivity contribution in [2.24, 2.45) is 0 Å². The van der Waals surface area contributed by atoms with Gasteiger partial charge in [0.05, 0.1) is 27.4 Å². The third-order valence-electron chi connectivity index (χ3n) is 2.62. The maximum atomic E-state index is 8.77. The Kier molecular flexibility index (Phi) is 4.61. The van der Waals surface area contributed by atoms with Crippen LogP contribution in [0.5, 0.6) is 5.75 Å². The first-order valence-electron chi connectivity index (χ1n) is 5.57. The maximum Gasteiger partial charge on any atom is 0.144 e. The van der Waals surface area contributed by atoms with Gasteiger partial charge in [-0.25, -0.2) is 0 Å². The first-order chi connectivity index (χ1) is 9.51. The Hall–Kier alpha value is -1.60. The predicted molar refractivity (Wildman–Crippen MR) is 81.4 cm³/mol. The molecule has 0 bridgehead atoms. The van der Waals surface area contributed by atoms with Crippen LogP contribution in [-0.2, 0) is 6.61 Å². The van der Waals surface area contributed by atoms with Crippen LogP contribution in [0.1, 0.15) is 11.1 Å². The largest absolute Gasteiger partial charge is 0.487 e. The zero-order chi connectivity index (χ0) is 14.7. The molecular formula is C14H9Cl3N2O. The van der Waals surface area contributed by atoms with E-state index in [1.54, 1.807) is 24.3 Å². The van der Waals surface area contributed by atoms with E-state index < -0.39 is 0 Å². The summed E-state index contributed by atoms with van der Waals surface area (Å²) in [6, 6.07) is 10.1. The summed E-state index contributed by atoms with van der Waals surface area (Å²) in [4.78, 5) is 0. The molecule has 2 rings (SSSR count). The molecule has 0 aromatic heterocycles. The lowest BCUT2D eigenvalue weighted by Gasteiger charge is -2.11. The molecule has 6 heteroatoms. The average Bonchev–Trinajstić information content (AvgIpc) is 2.42. The highest BCUT2D eigenvalue weighted by Gasteiger charge is 2.08. The third kappa shape index (κ3) is 3.29. The van der Waals surface area contributed by atoms with E-state index in [1.807, 2.05) is 6.07 Å². The van der Waals surface area contributed by atoms with E-state index in [1.165, 1.54) is 6.07 Å². The number of halogens is 3. The molecule has 0 unspecified atom stereocenters. The van der Waals surface area contributed by atoms with Crippen LogP contribution in [0.4, 0.5) is 5.69 Å². The maximum absolute atomic E-state index is 8.77. The van der Waals surface area contributed by atoms with E-state index >= 15 is 0 Å². The standard InChI is InChI=1S/C14H9Cl3N2O/c15-10-3-8(6-18)1-2-9(10)7-20-14-5-12(17)11(16)4-13(14)19/h1-5H,7,19H2. The quantitative estimate of drug-likeness (QED) is 0.833. The van der Waals surface area contributed by atoms with Gasteiger partial charge in [-0.15, -0.1) is 0 Å². The molecule has 0 saturated carbocycles. The van der Waals surface area contributed by atoms with Crippen molar-refractivity contribution in [1.29, 1.82) is 5.26 Å². The minimum atomic E-state index is 0.215. The number of hydrogen-bond acceptors (Lipinski definition) is 3. The second-order valence-electron chi connectivity index (χ2n) is 4.01. The molecule has 0 aliphatic rings. The Morgan fingerprint density at radius 1 is 1.05 bits per heavy atom. The van der Waals surface area contributed by atoms with Crippen molar-refractivity contribution in [3.8, 4) is 11.8 Å². The number of benzene rings is 2. The van der Waals surface area contributed by atoms with Crippen LogP contribution < -0.4 is 10.5 Å². The van der Waals surface area contributed by atoms with Gasteiger partial charge in [0.2, 0.25) is 0 Å². The number of ether oxygens (including phenoxy) is 1. The van der Waals surface area contributed by atoms with Crippen molar-refractivity contribution >= 4 is 40.5 Å². The molecule has 0 saturated heterocycles. The molecular weight excluding hydrogens is 319 g/mol. The normalized spacial score (nSPS) is 10.1. The Labute approximate surface area is 131 Å². The number of nitrogens with two attached hydrogens (primary N) is 1. The van der Waals surface area contributed by atoms with Gasteiger partial charge in [0.25, 0.3) is 0 Å². The summed E-state index contributed by atoms with van der Waals surface area (Å²) < 4.78 is 5.58. The topological polar surface area (TPSA) is 59.0 Å². The molecule has 3 nitrogen and oxygen atoms in total. The molecule has 2 aromatic carbocycles. The van der Waals surface area contributed by atoms with Crippen molar-refractivity contribution in [2.75, 3.05) is 5.73 Å². The number of rotatable bonds is 3. The molecule has 0 fully saturated rings. The second kappa shape index (κ2) is 6.23. The van der Waals surface area contributed by atoms with Crippen LogP contribution in [0.25, 0.3) is 0 Å². The highest BCUT2D eigenvalue weighted by atomic mass is 35.5. The Bertz CT molecular complexity index is 696. The van der Waals surface area contributed by atoms with Gasteiger partial charge in [-0.1, -0.05) is 40.9 Å². The van der Waals surface area contributed by atoms with Crippen LogP contribution >= 0.6 is 34.8 Å². The van der Waals surface area contributed by atoms with Crippen molar-refractivity contribution in [3.63, 3.8) is 0 Å². The van der Waals surface area contributed by atoms with E-state index in [0.717, 1.165) is 5.56 Å². The number of nitrogen functional groups attached to an aromatic ring is 1. The van der Waals surface area contributed by atoms with Crippen molar-refractivity contribution in [3.05, 3.63) is 56.5 Å². The van der Waals surface area contributed by atoms with Gasteiger partial charge in [0.15, 0.2) is 0 Å². The number of anilines is 1. The lowest BCUT2D eigenvalue weighted by Crippen LogP contribution is -2.00. The average molecular weight is 328 g/mol. The summed E-state index contributed by atoms with van der Waals surface area (Å²) in [6.45, 7) is 0.215. The van der Waals surface area contributed by atoms with Gasteiger partial charge < -0.3 is 10.5 Å². The van der Waals surface area contributed by atoms with E-state index in [9.17, 15) is 0 Å². The van der Waals surface area contributed by atoms with Crippen molar-refractivity contribution < 1.29 is 4.74 Å². The minimum Gasteiger partial charge on any atom is -0.487 e. The fourth-order valence-electron chi connectivity index (χ4n) is 1.56. The fourth-order valence-corrected chi connectivity index (χ4v) is 2.12.